The molecule has 2 heterocycles. The molecule has 0 aromatic carbocycles. The Morgan fingerprint density at radius 3 is 2.79 bits per heavy atom. The molecule has 0 saturated heterocycles. The van der Waals surface area contributed by atoms with Crippen LogP contribution in [-0.4, -0.2) is 9.97 Å². The van der Waals surface area contributed by atoms with Crippen LogP contribution >= 0.6 is 0 Å². The Morgan fingerprint density at radius 1 is 1.29 bits per heavy atom. The molecule has 2 aromatic rings. The maximum atomic E-state index is 11.2. The molecule has 0 spiro atoms. The molecule has 0 saturated carbocycles. The minimum Gasteiger partial charge on any atom is -0.326 e. The zero-order valence-electron chi connectivity index (χ0n) is 7.82. The number of aryl methyl sites for hydroxylation is 1. The van der Waals surface area contributed by atoms with Crippen molar-refractivity contribution in [3.63, 3.8) is 0 Å². The van der Waals surface area contributed by atoms with Crippen LogP contribution in [0.4, 0.5) is 0 Å². The third-order valence-corrected chi connectivity index (χ3v) is 1.94. The number of nitrogens with one attached hydrogen (secondary N) is 1. The van der Waals surface area contributed by atoms with E-state index in [4.69, 9.17) is 0 Å². The van der Waals surface area contributed by atoms with Crippen molar-refractivity contribution in [3.8, 4) is 11.3 Å². The van der Waals surface area contributed by atoms with E-state index in [2.05, 4.69) is 9.97 Å². The first-order valence-corrected chi connectivity index (χ1v) is 4.38. The third kappa shape index (κ3) is 1.71. The Morgan fingerprint density at radius 2 is 2.14 bits per heavy atom. The minimum absolute atomic E-state index is 0.0920. The van der Waals surface area contributed by atoms with Crippen LogP contribution in [0.5, 0.6) is 0 Å². The van der Waals surface area contributed by atoms with Gasteiger partial charge in [0.1, 0.15) is 0 Å². The topological polar surface area (TPSA) is 45.8 Å². The summed E-state index contributed by atoms with van der Waals surface area (Å²) in [7, 11) is 0. The highest BCUT2D eigenvalue weighted by Gasteiger charge is 1.99. The lowest BCUT2D eigenvalue weighted by atomic mass is 10.1. The predicted octanol–water partition coefficient (Wildman–Crippen LogP) is 1.75. The first-order valence-electron chi connectivity index (χ1n) is 4.38. The maximum absolute atomic E-state index is 11.2. The van der Waals surface area contributed by atoms with Crippen molar-refractivity contribution >= 4 is 0 Å². The molecular weight excluding hydrogens is 176 g/mol. The highest BCUT2D eigenvalue weighted by Crippen LogP contribution is 2.13. The first kappa shape index (κ1) is 8.69. The molecule has 0 bridgehead atoms. The van der Waals surface area contributed by atoms with Gasteiger partial charge in [-0.05, 0) is 25.1 Å². The van der Waals surface area contributed by atoms with Crippen molar-refractivity contribution in [1.82, 2.24) is 9.97 Å². The summed E-state index contributed by atoms with van der Waals surface area (Å²) < 4.78 is 0. The lowest BCUT2D eigenvalue weighted by Crippen LogP contribution is -2.05. The standard InChI is InChI=1S/C11H10N2O/c1-8-6-9(7-11(14)13-8)10-4-2-3-5-12-10/h2-7H,1H3,(H,13,14). The monoisotopic (exact) mass is 186 g/mol. The fourth-order valence-corrected chi connectivity index (χ4v) is 1.36. The molecule has 2 aromatic heterocycles. The fourth-order valence-electron chi connectivity index (χ4n) is 1.36. The van der Waals surface area contributed by atoms with Gasteiger partial charge in [-0.15, -0.1) is 0 Å². The van der Waals surface area contributed by atoms with Gasteiger partial charge in [0.25, 0.3) is 0 Å². The average Bonchev–Trinajstić information content (AvgIpc) is 2.18. The van der Waals surface area contributed by atoms with Crippen molar-refractivity contribution in [1.29, 1.82) is 0 Å². The zero-order chi connectivity index (χ0) is 9.97. The Labute approximate surface area is 81.5 Å². The summed E-state index contributed by atoms with van der Waals surface area (Å²) in [5.41, 5.74) is 2.43. The number of aromatic amines is 1. The Hall–Kier alpha value is -1.90. The quantitative estimate of drug-likeness (QED) is 0.737. The minimum atomic E-state index is -0.0920. The number of nitrogens with zero attached hydrogens (tertiary/aromatic N) is 1. The summed E-state index contributed by atoms with van der Waals surface area (Å²) in [5, 5.41) is 0. The van der Waals surface area contributed by atoms with Crippen LogP contribution in [0.25, 0.3) is 11.3 Å². The zero-order valence-corrected chi connectivity index (χ0v) is 7.82. The van der Waals surface area contributed by atoms with Crippen LogP contribution in [0.2, 0.25) is 0 Å². The predicted molar refractivity (Wildman–Crippen MR) is 55.0 cm³/mol. The van der Waals surface area contributed by atoms with Crippen LogP contribution < -0.4 is 5.56 Å². The summed E-state index contributed by atoms with van der Waals surface area (Å²) in [6, 6.07) is 9.09. The molecule has 14 heavy (non-hydrogen) atoms. The molecule has 1 N–H and O–H groups in total. The van der Waals surface area contributed by atoms with Crippen LogP contribution in [-0.2, 0) is 0 Å². The molecule has 0 fully saturated rings. The van der Waals surface area contributed by atoms with Gasteiger partial charge in [-0.2, -0.15) is 0 Å². The van der Waals surface area contributed by atoms with Crippen molar-refractivity contribution in [2.45, 2.75) is 6.92 Å². The summed E-state index contributed by atoms with van der Waals surface area (Å²) >= 11 is 0. The maximum Gasteiger partial charge on any atom is 0.248 e. The molecule has 3 nitrogen and oxygen atoms in total. The second kappa shape index (κ2) is 3.46. The van der Waals surface area contributed by atoms with Gasteiger partial charge < -0.3 is 4.98 Å². The van der Waals surface area contributed by atoms with Gasteiger partial charge in [-0.1, -0.05) is 6.07 Å². The average molecular weight is 186 g/mol. The second-order valence-electron chi connectivity index (χ2n) is 3.13. The highest BCUT2D eigenvalue weighted by atomic mass is 16.1. The number of hydrogen-bond donors (Lipinski definition) is 1. The molecular formula is C11H10N2O. The Kier molecular flexibility index (Phi) is 2.14. The Balaban J connectivity index is 2.58. The first-order chi connectivity index (χ1) is 6.75. The lowest BCUT2D eigenvalue weighted by molar-refractivity contribution is 1.14. The molecule has 0 unspecified atom stereocenters. The van der Waals surface area contributed by atoms with Gasteiger partial charge in [0.05, 0.1) is 5.69 Å². The number of hydrogen-bond acceptors (Lipinski definition) is 2. The summed E-state index contributed by atoms with van der Waals surface area (Å²) in [6.45, 7) is 1.86. The van der Waals surface area contributed by atoms with Crippen LogP contribution in [0.3, 0.4) is 0 Å². The summed E-state index contributed by atoms with van der Waals surface area (Å²) in [6.07, 6.45) is 1.71. The molecule has 0 radical (unpaired) electrons. The van der Waals surface area contributed by atoms with E-state index >= 15 is 0 Å². The normalized spacial score (nSPS) is 10.1. The molecule has 0 aliphatic carbocycles. The molecule has 3 heteroatoms. The van der Waals surface area contributed by atoms with Gasteiger partial charge in [-0.3, -0.25) is 9.78 Å². The van der Waals surface area contributed by atoms with Crippen molar-refractivity contribution in [2.75, 3.05) is 0 Å². The van der Waals surface area contributed by atoms with E-state index in [-0.39, 0.29) is 5.56 Å². The van der Waals surface area contributed by atoms with E-state index in [0.717, 1.165) is 17.0 Å². The SMILES string of the molecule is Cc1cc(-c2ccccn2)cc(=O)[nH]1. The van der Waals surface area contributed by atoms with E-state index in [0.29, 0.717) is 0 Å². The van der Waals surface area contributed by atoms with E-state index < -0.39 is 0 Å². The van der Waals surface area contributed by atoms with Crippen LogP contribution in [0.15, 0.2) is 41.3 Å². The number of pyridine rings is 2. The van der Waals surface area contributed by atoms with Gasteiger partial charge >= 0.3 is 0 Å². The smallest absolute Gasteiger partial charge is 0.248 e. The van der Waals surface area contributed by atoms with Crippen molar-refractivity contribution in [3.05, 3.63) is 52.6 Å². The Bertz CT molecular complexity index is 488. The van der Waals surface area contributed by atoms with Gasteiger partial charge in [0.2, 0.25) is 5.56 Å². The summed E-state index contributed by atoms with van der Waals surface area (Å²) in [5.74, 6) is 0. The van der Waals surface area contributed by atoms with Crippen LogP contribution in [0.1, 0.15) is 5.69 Å². The number of H-pyrrole nitrogens is 1. The van der Waals surface area contributed by atoms with Crippen molar-refractivity contribution < 1.29 is 0 Å². The molecule has 0 aliphatic heterocycles. The second-order valence-corrected chi connectivity index (χ2v) is 3.13. The number of aromatic nitrogens is 2. The van der Waals surface area contributed by atoms with E-state index in [1.165, 1.54) is 0 Å². The highest BCUT2D eigenvalue weighted by molar-refractivity contribution is 5.58. The van der Waals surface area contributed by atoms with E-state index in [1.54, 1.807) is 12.3 Å². The lowest BCUT2D eigenvalue weighted by Gasteiger charge is -2.00. The summed E-state index contributed by atoms with van der Waals surface area (Å²) in [4.78, 5) is 18.1. The number of rotatable bonds is 1. The van der Waals surface area contributed by atoms with Gasteiger partial charge in [-0.25, -0.2) is 0 Å². The third-order valence-electron chi connectivity index (χ3n) is 1.94. The van der Waals surface area contributed by atoms with Crippen molar-refractivity contribution in [2.24, 2.45) is 0 Å². The molecule has 2 rings (SSSR count). The van der Waals surface area contributed by atoms with E-state index in [1.807, 2.05) is 31.2 Å². The molecule has 0 aliphatic rings. The molecule has 70 valence electrons. The fraction of sp³-hybridized carbons (Fsp3) is 0.0909. The van der Waals surface area contributed by atoms with Crippen LogP contribution in [0, 0.1) is 6.92 Å². The molecule has 0 amide bonds. The van der Waals surface area contributed by atoms with Gasteiger partial charge in [0.15, 0.2) is 0 Å². The van der Waals surface area contributed by atoms with Gasteiger partial charge in [0, 0.05) is 23.5 Å². The van der Waals surface area contributed by atoms with E-state index in [9.17, 15) is 4.79 Å². The molecule has 0 atom stereocenters. The largest absolute Gasteiger partial charge is 0.326 e.